The molecule has 1 aromatic carbocycles. The molecular formula is C14H23N3O2. The number of nitrogens with two attached hydrogens (primary N) is 2. The van der Waals surface area contributed by atoms with Crippen LogP contribution in [0.15, 0.2) is 18.2 Å². The third-order valence-electron chi connectivity index (χ3n) is 2.98. The Balaban J connectivity index is 2.88. The Morgan fingerprint density at radius 1 is 1.42 bits per heavy atom. The number of hydrogen-bond acceptors (Lipinski definition) is 4. The first-order valence-electron chi connectivity index (χ1n) is 6.49. The van der Waals surface area contributed by atoms with Crippen molar-refractivity contribution >= 4 is 17.3 Å². The van der Waals surface area contributed by atoms with E-state index < -0.39 is 5.91 Å². The van der Waals surface area contributed by atoms with E-state index in [9.17, 15) is 4.79 Å². The molecule has 0 aromatic heterocycles. The minimum absolute atomic E-state index is 0.130. The van der Waals surface area contributed by atoms with Gasteiger partial charge in [-0.2, -0.15) is 0 Å². The number of benzene rings is 1. The van der Waals surface area contributed by atoms with Gasteiger partial charge in [-0.05, 0) is 31.0 Å². The number of anilines is 2. The predicted octanol–water partition coefficient (Wildman–Crippen LogP) is 1.84. The van der Waals surface area contributed by atoms with Crippen molar-refractivity contribution in [3.8, 4) is 0 Å². The molecule has 19 heavy (non-hydrogen) atoms. The topological polar surface area (TPSA) is 90.4 Å². The Morgan fingerprint density at radius 3 is 2.63 bits per heavy atom. The number of carbonyl (C=O) groups is 1. The van der Waals surface area contributed by atoms with E-state index in [2.05, 4.69) is 19.2 Å². The number of carbonyl (C=O) groups excluding carboxylic acids is 1. The Morgan fingerprint density at radius 2 is 2.11 bits per heavy atom. The van der Waals surface area contributed by atoms with Crippen LogP contribution in [0.3, 0.4) is 0 Å². The summed E-state index contributed by atoms with van der Waals surface area (Å²) in [4.78, 5) is 11.2. The summed E-state index contributed by atoms with van der Waals surface area (Å²) in [6.07, 6.45) is 0. The molecule has 0 radical (unpaired) electrons. The van der Waals surface area contributed by atoms with Crippen LogP contribution in [0.5, 0.6) is 0 Å². The number of amides is 1. The summed E-state index contributed by atoms with van der Waals surface area (Å²) in [6, 6.07) is 5.11. The third kappa shape index (κ3) is 4.44. The van der Waals surface area contributed by atoms with Crippen molar-refractivity contribution in [2.75, 3.05) is 24.3 Å². The van der Waals surface area contributed by atoms with Crippen LogP contribution in [0, 0.1) is 5.92 Å². The summed E-state index contributed by atoms with van der Waals surface area (Å²) in [5, 5.41) is 3.32. The summed E-state index contributed by atoms with van der Waals surface area (Å²) in [5.74, 6) is -0.0860. The molecule has 0 saturated carbocycles. The minimum atomic E-state index is -0.464. The van der Waals surface area contributed by atoms with Crippen molar-refractivity contribution in [3.63, 3.8) is 0 Å². The Kier molecular flexibility index (Phi) is 5.63. The highest BCUT2D eigenvalue weighted by Crippen LogP contribution is 2.22. The van der Waals surface area contributed by atoms with E-state index in [1.165, 1.54) is 0 Å². The van der Waals surface area contributed by atoms with Gasteiger partial charge in [0, 0.05) is 12.2 Å². The Labute approximate surface area is 114 Å². The van der Waals surface area contributed by atoms with Gasteiger partial charge in [0.2, 0.25) is 5.91 Å². The maximum absolute atomic E-state index is 11.2. The lowest BCUT2D eigenvalue weighted by Gasteiger charge is -2.24. The fraction of sp³-hybridized carbons (Fsp3) is 0.500. The van der Waals surface area contributed by atoms with E-state index in [4.69, 9.17) is 16.2 Å². The van der Waals surface area contributed by atoms with E-state index in [1.54, 1.807) is 18.2 Å². The zero-order chi connectivity index (χ0) is 14.4. The van der Waals surface area contributed by atoms with Crippen molar-refractivity contribution in [1.29, 1.82) is 0 Å². The molecule has 1 unspecified atom stereocenters. The molecule has 1 amide bonds. The van der Waals surface area contributed by atoms with Crippen molar-refractivity contribution in [3.05, 3.63) is 23.8 Å². The average Bonchev–Trinajstić information content (AvgIpc) is 2.35. The van der Waals surface area contributed by atoms with Gasteiger partial charge in [-0.25, -0.2) is 0 Å². The molecule has 5 heteroatoms. The van der Waals surface area contributed by atoms with E-state index in [0.717, 1.165) is 5.69 Å². The highest BCUT2D eigenvalue weighted by Gasteiger charge is 2.15. The van der Waals surface area contributed by atoms with Gasteiger partial charge < -0.3 is 21.5 Å². The number of rotatable bonds is 7. The van der Waals surface area contributed by atoms with Crippen LogP contribution < -0.4 is 16.8 Å². The van der Waals surface area contributed by atoms with E-state index in [0.29, 0.717) is 30.4 Å². The number of nitrogens with one attached hydrogen (secondary N) is 1. The van der Waals surface area contributed by atoms with Crippen LogP contribution in [-0.2, 0) is 4.74 Å². The zero-order valence-electron chi connectivity index (χ0n) is 11.8. The lowest BCUT2D eigenvalue weighted by Crippen LogP contribution is -2.31. The molecule has 0 fully saturated rings. The summed E-state index contributed by atoms with van der Waals surface area (Å²) < 4.78 is 5.45. The fourth-order valence-corrected chi connectivity index (χ4v) is 1.68. The molecule has 1 aromatic rings. The smallest absolute Gasteiger partial charge is 0.248 e. The largest absolute Gasteiger partial charge is 0.397 e. The van der Waals surface area contributed by atoms with Crippen LogP contribution in [0.1, 0.15) is 31.1 Å². The second-order valence-corrected chi connectivity index (χ2v) is 4.82. The van der Waals surface area contributed by atoms with Gasteiger partial charge in [-0.3, -0.25) is 4.79 Å². The third-order valence-corrected chi connectivity index (χ3v) is 2.98. The maximum atomic E-state index is 11.2. The first-order chi connectivity index (χ1) is 8.95. The average molecular weight is 265 g/mol. The molecule has 5 N–H and O–H groups in total. The molecule has 0 spiro atoms. The molecule has 0 aliphatic rings. The first-order valence-corrected chi connectivity index (χ1v) is 6.49. The molecule has 106 valence electrons. The van der Waals surface area contributed by atoms with Crippen LogP contribution in [-0.4, -0.2) is 25.2 Å². The normalized spacial score (nSPS) is 12.4. The molecule has 0 aliphatic heterocycles. The monoisotopic (exact) mass is 265 g/mol. The molecule has 1 rings (SSSR count). The standard InChI is InChI=1S/C14H23N3O2/c1-4-19-8-13(9(2)3)17-12-7-10(14(16)18)5-6-11(12)15/h5-7,9,13,17H,4,8,15H2,1-3H3,(H2,16,18). The van der Waals surface area contributed by atoms with Crippen molar-refractivity contribution in [2.45, 2.75) is 26.8 Å². The van der Waals surface area contributed by atoms with Gasteiger partial charge >= 0.3 is 0 Å². The highest BCUT2D eigenvalue weighted by atomic mass is 16.5. The lowest BCUT2D eigenvalue weighted by molar-refractivity contribution is 0.100. The van der Waals surface area contributed by atoms with Gasteiger partial charge in [0.1, 0.15) is 0 Å². The van der Waals surface area contributed by atoms with Crippen molar-refractivity contribution in [2.24, 2.45) is 11.7 Å². The zero-order valence-corrected chi connectivity index (χ0v) is 11.8. The number of primary amides is 1. The molecule has 1 atom stereocenters. The van der Waals surface area contributed by atoms with Gasteiger partial charge in [0.25, 0.3) is 0 Å². The maximum Gasteiger partial charge on any atom is 0.248 e. The van der Waals surface area contributed by atoms with Crippen molar-refractivity contribution < 1.29 is 9.53 Å². The molecule has 0 saturated heterocycles. The van der Waals surface area contributed by atoms with Gasteiger partial charge in [0.15, 0.2) is 0 Å². The van der Waals surface area contributed by atoms with Gasteiger partial charge in [-0.1, -0.05) is 13.8 Å². The lowest BCUT2D eigenvalue weighted by atomic mass is 10.0. The van der Waals surface area contributed by atoms with E-state index in [1.807, 2.05) is 6.92 Å². The molecule has 0 bridgehead atoms. The highest BCUT2D eigenvalue weighted by molar-refractivity contribution is 5.94. The molecule has 0 heterocycles. The molecular weight excluding hydrogens is 242 g/mol. The summed E-state index contributed by atoms with van der Waals surface area (Å²) in [5.41, 5.74) is 12.9. The van der Waals surface area contributed by atoms with Gasteiger partial charge in [0.05, 0.1) is 24.0 Å². The first kappa shape index (κ1) is 15.3. The SMILES string of the molecule is CCOCC(Nc1cc(C(N)=O)ccc1N)C(C)C. The number of nitrogen functional groups attached to an aromatic ring is 1. The second-order valence-electron chi connectivity index (χ2n) is 4.82. The van der Waals surface area contributed by atoms with Crippen LogP contribution in [0.4, 0.5) is 11.4 Å². The fourth-order valence-electron chi connectivity index (χ4n) is 1.68. The Hall–Kier alpha value is -1.75. The number of hydrogen-bond donors (Lipinski definition) is 3. The quantitative estimate of drug-likeness (QED) is 0.656. The number of ether oxygens (including phenoxy) is 1. The van der Waals surface area contributed by atoms with Gasteiger partial charge in [-0.15, -0.1) is 0 Å². The summed E-state index contributed by atoms with van der Waals surface area (Å²) in [6.45, 7) is 7.42. The van der Waals surface area contributed by atoms with E-state index >= 15 is 0 Å². The van der Waals surface area contributed by atoms with Crippen LogP contribution >= 0.6 is 0 Å². The molecule has 0 aliphatic carbocycles. The summed E-state index contributed by atoms with van der Waals surface area (Å²) >= 11 is 0. The molecule has 5 nitrogen and oxygen atoms in total. The minimum Gasteiger partial charge on any atom is -0.397 e. The van der Waals surface area contributed by atoms with Crippen molar-refractivity contribution in [1.82, 2.24) is 0 Å². The second kappa shape index (κ2) is 6.99. The summed E-state index contributed by atoms with van der Waals surface area (Å²) in [7, 11) is 0. The van der Waals surface area contributed by atoms with Crippen LogP contribution in [0.2, 0.25) is 0 Å². The predicted molar refractivity (Wildman–Crippen MR) is 78.1 cm³/mol. The Bertz CT molecular complexity index is 433. The van der Waals surface area contributed by atoms with E-state index in [-0.39, 0.29) is 6.04 Å². The van der Waals surface area contributed by atoms with Crippen LogP contribution in [0.25, 0.3) is 0 Å².